The van der Waals surface area contributed by atoms with Gasteiger partial charge in [0.25, 0.3) is 5.71 Å². The number of fused-ring (bicyclic) bond motifs is 1. The van der Waals surface area contributed by atoms with Crippen LogP contribution in [0.25, 0.3) is 11.1 Å². The van der Waals surface area contributed by atoms with Gasteiger partial charge in [0, 0.05) is 12.1 Å². The van der Waals surface area contributed by atoms with Gasteiger partial charge in [-0.15, -0.1) is 0 Å². The first-order chi connectivity index (χ1) is 7.74. The molecule has 0 saturated heterocycles. The summed E-state index contributed by atoms with van der Waals surface area (Å²) in [5.41, 5.74) is 7.08. The summed E-state index contributed by atoms with van der Waals surface area (Å²) in [4.78, 5) is 8.25. The SMILES string of the molecule is Cc1noc2ncnc(NC3CC(N)C3)c12. The number of hydrogen-bond acceptors (Lipinski definition) is 6. The molecule has 3 rings (SSSR count). The van der Waals surface area contributed by atoms with E-state index >= 15 is 0 Å². The number of aromatic nitrogens is 3. The molecule has 0 bridgehead atoms. The molecule has 6 nitrogen and oxygen atoms in total. The lowest BCUT2D eigenvalue weighted by Crippen LogP contribution is -2.44. The van der Waals surface area contributed by atoms with Gasteiger partial charge in [0.05, 0.1) is 5.69 Å². The van der Waals surface area contributed by atoms with Crippen molar-refractivity contribution in [3.63, 3.8) is 0 Å². The third-order valence-electron chi connectivity index (χ3n) is 2.96. The number of hydrogen-bond donors (Lipinski definition) is 2. The lowest BCUT2D eigenvalue weighted by Gasteiger charge is -2.33. The maximum absolute atomic E-state index is 5.74. The van der Waals surface area contributed by atoms with Crippen molar-refractivity contribution in [3.8, 4) is 0 Å². The van der Waals surface area contributed by atoms with Crippen LogP contribution in [0.15, 0.2) is 10.9 Å². The normalized spacial score (nSPS) is 24.4. The number of nitrogens with two attached hydrogens (primary N) is 1. The molecule has 1 aliphatic carbocycles. The van der Waals surface area contributed by atoms with Gasteiger partial charge in [-0.3, -0.25) is 0 Å². The summed E-state index contributed by atoms with van der Waals surface area (Å²) in [5, 5.41) is 8.09. The zero-order chi connectivity index (χ0) is 11.1. The predicted octanol–water partition coefficient (Wildman–Crippen LogP) is 0.828. The fourth-order valence-corrected chi connectivity index (χ4v) is 2.00. The highest BCUT2D eigenvalue weighted by atomic mass is 16.5. The second kappa shape index (κ2) is 3.41. The monoisotopic (exact) mass is 219 g/mol. The molecule has 84 valence electrons. The first kappa shape index (κ1) is 9.53. The molecule has 0 aliphatic heterocycles. The molecule has 3 N–H and O–H groups in total. The van der Waals surface area contributed by atoms with Crippen molar-refractivity contribution in [3.05, 3.63) is 12.0 Å². The summed E-state index contributed by atoms with van der Waals surface area (Å²) >= 11 is 0. The molecule has 2 aromatic rings. The lowest BCUT2D eigenvalue weighted by atomic mass is 9.87. The van der Waals surface area contributed by atoms with Crippen molar-refractivity contribution >= 4 is 16.9 Å². The molecule has 0 amide bonds. The topological polar surface area (TPSA) is 89.9 Å². The highest BCUT2D eigenvalue weighted by molar-refractivity contribution is 5.87. The lowest BCUT2D eigenvalue weighted by molar-refractivity contribution is 0.373. The average molecular weight is 219 g/mol. The molecule has 0 aromatic carbocycles. The van der Waals surface area contributed by atoms with E-state index < -0.39 is 0 Å². The number of anilines is 1. The van der Waals surface area contributed by atoms with Crippen molar-refractivity contribution in [1.82, 2.24) is 15.1 Å². The minimum atomic E-state index is 0.318. The van der Waals surface area contributed by atoms with Crippen LogP contribution in [0.2, 0.25) is 0 Å². The van der Waals surface area contributed by atoms with E-state index in [0.717, 1.165) is 29.7 Å². The summed E-state index contributed by atoms with van der Waals surface area (Å²) in [6, 6.07) is 0.723. The second-order valence-electron chi connectivity index (χ2n) is 4.24. The molecular formula is C10H13N5O. The largest absolute Gasteiger partial charge is 0.366 e. The molecule has 0 atom stereocenters. The zero-order valence-electron chi connectivity index (χ0n) is 8.97. The van der Waals surface area contributed by atoms with Crippen LogP contribution in [0, 0.1) is 6.92 Å². The van der Waals surface area contributed by atoms with E-state index in [1.807, 2.05) is 6.92 Å². The number of rotatable bonds is 2. The zero-order valence-corrected chi connectivity index (χ0v) is 8.97. The van der Waals surface area contributed by atoms with Crippen LogP contribution in [0.3, 0.4) is 0 Å². The van der Waals surface area contributed by atoms with Crippen LogP contribution in [0.4, 0.5) is 5.82 Å². The van der Waals surface area contributed by atoms with E-state index in [9.17, 15) is 0 Å². The minimum Gasteiger partial charge on any atom is -0.366 e. The fraction of sp³-hybridized carbons (Fsp3) is 0.500. The predicted molar refractivity (Wildman–Crippen MR) is 59.0 cm³/mol. The molecule has 0 radical (unpaired) electrons. The first-order valence-corrected chi connectivity index (χ1v) is 5.33. The second-order valence-corrected chi connectivity index (χ2v) is 4.24. The van der Waals surface area contributed by atoms with Gasteiger partial charge in [0.1, 0.15) is 17.5 Å². The molecule has 1 saturated carbocycles. The van der Waals surface area contributed by atoms with Crippen LogP contribution < -0.4 is 11.1 Å². The van der Waals surface area contributed by atoms with Gasteiger partial charge >= 0.3 is 0 Å². The van der Waals surface area contributed by atoms with Crippen LogP contribution in [-0.4, -0.2) is 27.2 Å². The quantitative estimate of drug-likeness (QED) is 0.777. The highest BCUT2D eigenvalue weighted by Gasteiger charge is 2.27. The van der Waals surface area contributed by atoms with Gasteiger partial charge < -0.3 is 15.6 Å². The van der Waals surface area contributed by atoms with Crippen molar-refractivity contribution in [2.24, 2.45) is 5.73 Å². The standard InChI is InChI=1S/C10H13N5O/c1-5-8-9(14-7-2-6(11)3-7)12-4-13-10(8)16-15-5/h4,6-7H,2-3,11H2,1H3,(H,12,13,14). The summed E-state index contributed by atoms with van der Waals surface area (Å²) < 4.78 is 5.08. The van der Waals surface area contributed by atoms with E-state index in [0.29, 0.717) is 17.8 Å². The van der Waals surface area contributed by atoms with Crippen molar-refractivity contribution in [2.45, 2.75) is 31.8 Å². The molecule has 2 heterocycles. The van der Waals surface area contributed by atoms with Gasteiger partial charge in [-0.2, -0.15) is 4.98 Å². The Morgan fingerprint density at radius 1 is 1.44 bits per heavy atom. The Labute approximate surface area is 92.2 Å². The Balaban J connectivity index is 1.93. The summed E-state index contributed by atoms with van der Waals surface area (Å²) in [7, 11) is 0. The van der Waals surface area contributed by atoms with Gasteiger partial charge in [-0.05, 0) is 19.8 Å². The third-order valence-corrected chi connectivity index (χ3v) is 2.96. The maximum Gasteiger partial charge on any atom is 0.263 e. The molecule has 1 fully saturated rings. The minimum absolute atomic E-state index is 0.318. The fourth-order valence-electron chi connectivity index (χ4n) is 2.00. The van der Waals surface area contributed by atoms with Crippen LogP contribution >= 0.6 is 0 Å². The Bertz CT molecular complexity index is 517. The van der Waals surface area contributed by atoms with Gasteiger partial charge in [0.2, 0.25) is 0 Å². The number of nitrogens with one attached hydrogen (secondary N) is 1. The summed E-state index contributed by atoms with van der Waals surface area (Å²) in [5.74, 6) is 0.792. The molecule has 0 spiro atoms. The summed E-state index contributed by atoms with van der Waals surface area (Å²) in [6.45, 7) is 1.88. The van der Waals surface area contributed by atoms with Crippen LogP contribution in [0.1, 0.15) is 18.5 Å². The van der Waals surface area contributed by atoms with Gasteiger partial charge in [-0.1, -0.05) is 5.16 Å². The third kappa shape index (κ3) is 1.42. The van der Waals surface area contributed by atoms with E-state index in [1.165, 1.54) is 6.33 Å². The van der Waals surface area contributed by atoms with Crippen LogP contribution in [0.5, 0.6) is 0 Å². The van der Waals surface area contributed by atoms with E-state index in [2.05, 4.69) is 20.4 Å². The molecule has 1 aliphatic rings. The first-order valence-electron chi connectivity index (χ1n) is 5.33. The van der Waals surface area contributed by atoms with Crippen molar-refractivity contribution < 1.29 is 4.52 Å². The molecule has 0 unspecified atom stereocenters. The molecule has 16 heavy (non-hydrogen) atoms. The smallest absolute Gasteiger partial charge is 0.263 e. The van der Waals surface area contributed by atoms with Crippen molar-refractivity contribution in [1.29, 1.82) is 0 Å². The number of aryl methyl sites for hydroxylation is 1. The average Bonchev–Trinajstić information content (AvgIpc) is 2.59. The van der Waals surface area contributed by atoms with Crippen molar-refractivity contribution in [2.75, 3.05) is 5.32 Å². The number of nitrogens with zero attached hydrogens (tertiary/aromatic N) is 3. The Morgan fingerprint density at radius 2 is 2.25 bits per heavy atom. The van der Waals surface area contributed by atoms with Crippen LogP contribution in [-0.2, 0) is 0 Å². The van der Waals surface area contributed by atoms with E-state index in [4.69, 9.17) is 10.3 Å². The maximum atomic E-state index is 5.74. The Kier molecular flexibility index (Phi) is 2.03. The van der Waals surface area contributed by atoms with Gasteiger partial charge in [-0.25, -0.2) is 4.98 Å². The molecule has 2 aromatic heterocycles. The molecular weight excluding hydrogens is 206 g/mol. The molecule has 6 heteroatoms. The highest BCUT2D eigenvalue weighted by Crippen LogP contribution is 2.27. The van der Waals surface area contributed by atoms with Gasteiger partial charge in [0.15, 0.2) is 0 Å². The summed E-state index contributed by atoms with van der Waals surface area (Å²) in [6.07, 6.45) is 3.44. The Morgan fingerprint density at radius 3 is 3.00 bits per heavy atom. The Hall–Kier alpha value is -1.69. The van der Waals surface area contributed by atoms with E-state index in [1.54, 1.807) is 0 Å². The van der Waals surface area contributed by atoms with E-state index in [-0.39, 0.29) is 0 Å².